The number of hydrogen-bond donors (Lipinski definition) is 2. The maximum Gasteiger partial charge on any atom is 0.119 e. The summed E-state index contributed by atoms with van der Waals surface area (Å²) in [6.07, 6.45) is 7.26. The summed E-state index contributed by atoms with van der Waals surface area (Å²) in [7, 11) is 0. The van der Waals surface area contributed by atoms with Gasteiger partial charge in [-0.05, 0) is 42.9 Å². The molecule has 3 rings (SSSR count). The number of aromatic hydroxyl groups is 1. The number of hydroxylamine groups is 1. The van der Waals surface area contributed by atoms with Crippen LogP contribution in [0.3, 0.4) is 0 Å². The van der Waals surface area contributed by atoms with Crippen LogP contribution in [0.2, 0.25) is 0 Å². The topological polar surface area (TPSA) is 41.5 Å². The Morgan fingerprint density at radius 1 is 1.18 bits per heavy atom. The molecule has 1 aromatic carbocycles. The number of rotatable bonds is 3. The fraction of sp³-hybridized carbons (Fsp3) is 0.571. The second-order valence-corrected chi connectivity index (χ2v) is 5.08. The number of phenols is 1. The van der Waals surface area contributed by atoms with Gasteiger partial charge in [-0.1, -0.05) is 25.0 Å². The number of benzene rings is 1. The van der Waals surface area contributed by atoms with E-state index in [0.29, 0.717) is 11.9 Å². The third kappa shape index (κ3) is 2.17. The van der Waals surface area contributed by atoms with Crippen LogP contribution in [0, 0.1) is 0 Å². The summed E-state index contributed by atoms with van der Waals surface area (Å²) in [5, 5.41) is 9.76. The van der Waals surface area contributed by atoms with Crippen molar-refractivity contribution in [3.05, 3.63) is 29.3 Å². The van der Waals surface area contributed by atoms with Gasteiger partial charge in [0.15, 0.2) is 0 Å². The third-order valence-electron chi connectivity index (χ3n) is 3.93. The molecule has 3 heteroatoms. The largest absolute Gasteiger partial charge is 0.508 e. The molecule has 2 N–H and O–H groups in total. The van der Waals surface area contributed by atoms with Gasteiger partial charge in [-0.2, -0.15) is 5.48 Å². The zero-order valence-electron chi connectivity index (χ0n) is 9.98. The van der Waals surface area contributed by atoms with Crippen LogP contribution in [0.1, 0.15) is 49.3 Å². The highest BCUT2D eigenvalue weighted by molar-refractivity contribution is 5.43. The van der Waals surface area contributed by atoms with Crippen LogP contribution < -0.4 is 5.48 Å². The summed E-state index contributed by atoms with van der Waals surface area (Å²) in [5.74, 6) is 0.424. The van der Waals surface area contributed by atoms with Gasteiger partial charge in [0.2, 0.25) is 0 Å². The molecular formula is C14H19NO2. The lowest BCUT2D eigenvalue weighted by molar-refractivity contribution is -0.0405. The zero-order valence-corrected chi connectivity index (χ0v) is 9.98. The first-order valence-electron chi connectivity index (χ1n) is 6.56. The SMILES string of the molecule is Oc1cccc2c1CCC2NOC1CCCC1. The van der Waals surface area contributed by atoms with Crippen molar-refractivity contribution >= 4 is 0 Å². The molecule has 0 spiro atoms. The van der Waals surface area contributed by atoms with Crippen molar-refractivity contribution in [2.45, 2.75) is 50.7 Å². The maximum atomic E-state index is 9.76. The minimum absolute atomic E-state index is 0.248. The van der Waals surface area contributed by atoms with Gasteiger partial charge < -0.3 is 5.11 Å². The van der Waals surface area contributed by atoms with Crippen molar-refractivity contribution in [3.8, 4) is 5.75 Å². The van der Waals surface area contributed by atoms with Crippen LogP contribution >= 0.6 is 0 Å². The van der Waals surface area contributed by atoms with E-state index in [1.807, 2.05) is 6.07 Å². The van der Waals surface area contributed by atoms with Crippen molar-refractivity contribution in [2.24, 2.45) is 0 Å². The van der Waals surface area contributed by atoms with E-state index in [4.69, 9.17) is 4.84 Å². The van der Waals surface area contributed by atoms with Gasteiger partial charge in [0.05, 0.1) is 12.1 Å². The van der Waals surface area contributed by atoms with Gasteiger partial charge >= 0.3 is 0 Å². The summed E-state index contributed by atoms with van der Waals surface area (Å²) in [5.41, 5.74) is 5.48. The quantitative estimate of drug-likeness (QED) is 0.789. The van der Waals surface area contributed by atoms with Gasteiger partial charge in [0.25, 0.3) is 0 Å². The van der Waals surface area contributed by atoms with Gasteiger partial charge in [0.1, 0.15) is 5.75 Å². The summed E-state index contributed by atoms with van der Waals surface area (Å²) in [6, 6.07) is 6.00. The molecule has 0 radical (unpaired) electrons. The molecule has 2 aliphatic carbocycles. The fourth-order valence-electron chi connectivity index (χ4n) is 2.94. The summed E-state index contributed by atoms with van der Waals surface area (Å²) < 4.78 is 0. The molecule has 1 fully saturated rings. The Morgan fingerprint density at radius 2 is 2.00 bits per heavy atom. The van der Waals surface area contributed by atoms with E-state index in [1.165, 1.54) is 31.2 Å². The molecule has 3 nitrogen and oxygen atoms in total. The van der Waals surface area contributed by atoms with E-state index in [9.17, 15) is 5.11 Å². The van der Waals surface area contributed by atoms with Crippen LogP contribution in [-0.4, -0.2) is 11.2 Å². The van der Waals surface area contributed by atoms with Gasteiger partial charge in [0, 0.05) is 0 Å². The van der Waals surface area contributed by atoms with Crippen molar-refractivity contribution in [1.29, 1.82) is 0 Å². The Labute approximate surface area is 102 Å². The van der Waals surface area contributed by atoms with Crippen LogP contribution in [0.15, 0.2) is 18.2 Å². The molecule has 0 saturated heterocycles. The highest BCUT2D eigenvalue weighted by Gasteiger charge is 2.26. The highest BCUT2D eigenvalue weighted by atomic mass is 16.7. The minimum atomic E-state index is 0.248. The number of fused-ring (bicyclic) bond motifs is 1. The Hall–Kier alpha value is -1.06. The minimum Gasteiger partial charge on any atom is -0.508 e. The molecule has 1 unspecified atom stereocenters. The molecule has 0 heterocycles. The monoisotopic (exact) mass is 233 g/mol. The smallest absolute Gasteiger partial charge is 0.119 e. The number of nitrogens with one attached hydrogen (secondary N) is 1. The molecule has 1 saturated carbocycles. The maximum absolute atomic E-state index is 9.76. The predicted molar refractivity (Wildman–Crippen MR) is 65.6 cm³/mol. The van der Waals surface area contributed by atoms with Gasteiger partial charge in [-0.25, -0.2) is 0 Å². The van der Waals surface area contributed by atoms with E-state index in [-0.39, 0.29) is 6.04 Å². The van der Waals surface area contributed by atoms with E-state index in [1.54, 1.807) is 6.07 Å². The average Bonchev–Trinajstić information content (AvgIpc) is 2.95. The van der Waals surface area contributed by atoms with Crippen molar-refractivity contribution in [2.75, 3.05) is 0 Å². The van der Waals surface area contributed by atoms with E-state index < -0.39 is 0 Å². The summed E-state index contributed by atoms with van der Waals surface area (Å²) in [6.45, 7) is 0. The van der Waals surface area contributed by atoms with Crippen LogP contribution in [-0.2, 0) is 11.3 Å². The molecule has 1 atom stereocenters. The molecule has 0 aliphatic heterocycles. The first-order chi connectivity index (χ1) is 8.34. The molecule has 1 aromatic rings. The standard InChI is InChI=1S/C14H19NO2/c16-14-7-3-6-11-12(14)8-9-13(11)15-17-10-4-1-2-5-10/h3,6-7,10,13,15-16H,1-2,4-5,8-9H2. The lowest BCUT2D eigenvalue weighted by Gasteiger charge is -2.17. The van der Waals surface area contributed by atoms with Crippen molar-refractivity contribution in [3.63, 3.8) is 0 Å². The summed E-state index contributed by atoms with van der Waals surface area (Å²) in [4.78, 5) is 5.75. The zero-order chi connectivity index (χ0) is 11.7. The fourth-order valence-corrected chi connectivity index (χ4v) is 2.94. The molecule has 0 amide bonds. The summed E-state index contributed by atoms with van der Waals surface area (Å²) >= 11 is 0. The van der Waals surface area contributed by atoms with Crippen molar-refractivity contribution < 1.29 is 9.94 Å². The average molecular weight is 233 g/mol. The van der Waals surface area contributed by atoms with E-state index >= 15 is 0 Å². The first kappa shape index (κ1) is 11.1. The molecule has 92 valence electrons. The van der Waals surface area contributed by atoms with Gasteiger partial charge in [-0.3, -0.25) is 4.84 Å². The van der Waals surface area contributed by atoms with Crippen molar-refractivity contribution in [1.82, 2.24) is 5.48 Å². The Balaban J connectivity index is 1.65. The predicted octanol–water partition coefficient (Wildman–Crippen LogP) is 2.84. The van der Waals surface area contributed by atoms with E-state index in [2.05, 4.69) is 11.5 Å². The van der Waals surface area contributed by atoms with Gasteiger partial charge in [-0.15, -0.1) is 0 Å². The number of hydrogen-bond acceptors (Lipinski definition) is 3. The second-order valence-electron chi connectivity index (χ2n) is 5.08. The normalized spacial score (nSPS) is 24.1. The van der Waals surface area contributed by atoms with E-state index in [0.717, 1.165) is 18.4 Å². The lowest BCUT2D eigenvalue weighted by Crippen LogP contribution is -2.25. The van der Waals surface area contributed by atoms with Crippen LogP contribution in [0.25, 0.3) is 0 Å². The van der Waals surface area contributed by atoms with Crippen LogP contribution in [0.5, 0.6) is 5.75 Å². The third-order valence-corrected chi connectivity index (χ3v) is 3.93. The lowest BCUT2D eigenvalue weighted by atomic mass is 10.1. The second kappa shape index (κ2) is 4.67. The Morgan fingerprint density at radius 3 is 2.82 bits per heavy atom. The number of phenolic OH excluding ortho intramolecular Hbond substituents is 1. The molecular weight excluding hydrogens is 214 g/mol. The molecule has 2 aliphatic rings. The van der Waals surface area contributed by atoms with Crippen LogP contribution in [0.4, 0.5) is 0 Å². The Kier molecular flexibility index (Phi) is 3.04. The molecule has 17 heavy (non-hydrogen) atoms. The first-order valence-corrected chi connectivity index (χ1v) is 6.56. The Bertz CT molecular complexity index is 399. The highest BCUT2D eigenvalue weighted by Crippen LogP contribution is 2.36. The molecule has 0 aromatic heterocycles. The molecule has 0 bridgehead atoms.